The Hall–Kier alpha value is -2.98. The minimum Gasteiger partial charge on any atom is -0.459 e. The Balaban J connectivity index is 2.30. The summed E-state index contributed by atoms with van der Waals surface area (Å²) in [6, 6.07) is 0. The first kappa shape index (κ1) is 31.5. The molecule has 1 aliphatic heterocycles. The van der Waals surface area contributed by atoms with Crippen molar-refractivity contribution in [2.24, 2.45) is 22.7 Å². The molecule has 1 N–H and O–H groups in total. The van der Waals surface area contributed by atoms with Crippen molar-refractivity contribution in [3.63, 3.8) is 0 Å². The quantitative estimate of drug-likeness (QED) is 0.181. The molecule has 10 nitrogen and oxygen atoms in total. The number of hydrogen-bond donors (Lipinski definition) is 1. The number of aliphatic hydroxyl groups is 1. The van der Waals surface area contributed by atoms with Crippen molar-refractivity contribution in [3.8, 4) is 0 Å². The van der Waals surface area contributed by atoms with Gasteiger partial charge in [0.15, 0.2) is 0 Å². The first-order valence-corrected chi connectivity index (χ1v) is 13.8. The molecule has 0 unspecified atom stereocenters. The Bertz CT molecular complexity index is 1080. The van der Waals surface area contributed by atoms with E-state index in [1.807, 2.05) is 20.8 Å². The van der Waals surface area contributed by atoms with E-state index in [0.29, 0.717) is 24.8 Å². The number of carbonyl (C=O) groups is 4. The fraction of sp³-hybridized carbons (Fsp3) is 0.667. The zero-order valence-corrected chi connectivity index (χ0v) is 24.3. The lowest BCUT2D eigenvalue weighted by molar-refractivity contribution is -0.276. The average molecular weight is 563 g/mol. The molecule has 3 aliphatic rings. The van der Waals surface area contributed by atoms with Crippen LogP contribution in [-0.4, -0.2) is 59.9 Å². The van der Waals surface area contributed by atoms with Crippen molar-refractivity contribution in [3.05, 3.63) is 36.5 Å². The Labute approximate surface area is 235 Å². The van der Waals surface area contributed by atoms with Crippen LogP contribution in [0.4, 0.5) is 0 Å². The highest BCUT2D eigenvalue weighted by molar-refractivity contribution is 5.70. The van der Waals surface area contributed by atoms with Crippen LogP contribution in [0.15, 0.2) is 36.5 Å². The van der Waals surface area contributed by atoms with Crippen LogP contribution in [0.5, 0.6) is 0 Å². The molecule has 222 valence electrons. The zero-order valence-electron chi connectivity index (χ0n) is 24.3. The van der Waals surface area contributed by atoms with E-state index in [-0.39, 0.29) is 18.8 Å². The summed E-state index contributed by atoms with van der Waals surface area (Å²) in [5, 5.41) is 12.1. The summed E-state index contributed by atoms with van der Waals surface area (Å²) in [5.74, 6) is -3.23. The summed E-state index contributed by atoms with van der Waals surface area (Å²) < 4.78 is 28.8. The zero-order chi connectivity index (χ0) is 30.0. The molecule has 1 spiro atoms. The topological polar surface area (TPSA) is 135 Å². The second-order valence-corrected chi connectivity index (χ2v) is 11.3. The molecule has 9 atom stereocenters. The van der Waals surface area contributed by atoms with Crippen LogP contribution in [0, 0.1) is 22.7 Å². The smallest absolute Gasteiger partial charge is 0.306 e. The van der Waals surface area contributed by atoms with Gasteiger partial charge in [-0.05, 0) is 43.1 Å². The number of ether oxygens (including phenoxy) is 5. The van der Waals surface area contributed by atoms with Gasteiger partial charge < -0.3 is 24.1 Å². The molecular formula is C30H42O10. The van der Waals surface area contributed by atoms with Crippen molar-refractivity contribution >= 4 is 23.9 Å². The lowest BCUT2D eigenvalue weighted by Gasteiger charge is -2.62. The molecule has 0 radical (unpaired) electrons. The maximum absolute atomic E-state index is 12.6. The molecule has 0 aromatic carbocycles. The van der Waals surface area contributed by atoms with Gasteiger partial charge in [-0.25, -0.2) is 0 Å². The average Bonchev–Trinajstić information content (AvgIpc) is 3.15. The minimum atomic E-state index is -1.48. The van der Waals surface area contributed by atoms with E-state index in [9.17, 15) is 24.3 Å². The lowest BCUT2D eigenvalue weighted by atomic mass is 9.44. The van der Waals surface area contributed by atoms with Crippen molar-refractivity contribution in [2.75, 3.05) is 0 Å². The normalized spacial score (nSPS) is 36.3. The van der Waals surface area contributed by atoms with Crippen molar-refractivity contribution in [2.45, 2.75) is 105 Å². The second kappa shape index (κ2) is 12.3. The highest BCUT2D eigenvalue weighted by atomic mass is 16.8. The minimum absolute atomic E-state index is 0.222. The third-order valence-electron chi connectivity index (χ3n) is 8.79. The van der Waals surface area contributed by atoms with E-state index >= 15 is 0 Å². The van der Waals surface area contributed by atoms with E-state index in [4.69, 9.17) is 23.7 Å². The van der Waals surface area contributed by atoms with Crippen molar-refractivity contribution in [1.29, 1.82) is 0 Å². The third kappa shape index (κ3) is 5.74. The summed E-state index contributed by atoms with van der Waals surface area (Å²) in [6.07, 6.45) is -0.399. The van der Waals surface area contributed by atoms with Gasteiger partial charge in [-0.15, -0.1) is 0 Å². The molecule has 0 aromatic rings. The van der Waals surface area contributed by atoms with Crippen LogP contribution in [0.25, 0.3) is 0 Å². The molecule has 1 saturated carbocycles. The van der Waals surface area contributed by atoms with E-state index in [1.165, 1.54) is 20.8 Å². The number of rotatable bonds is 10. The molecule has 10 heteroatoms. The molecule has 0 bridgehead atoms. The molecule has 40 heavy (non-hydrogen) atoms. The molecular weight excluding hydrogens is 520 g/mol. The van der Waals surface area contributed by atoms with Crippen LogP contribution in [0.2, 0.25) is 0 Å². The SMILES string of the molecule is C=CC(=C)CC[C@]1(C)[C@H]2C[C@H](OC(=O)CCC)C=C3[C@H](OC(C)=O)O[C@H](OC(C)=O)[C@@]32[C@H](O)[C@H](OC(C)=O)[C@@H]1C. The molecule has 2 fully saturated rings. The Morgan fingerprint density at radius 2 is 1.70 bits per heavy atom. The van der Waals surface area contributed by atoms with Gasteiger partial charge in [0, 0.05) is 38.7 Å². The van der Waals surface area contributed by atoms with Crippen LogP contribution >= 0.6 is 0 Å². The van der Waals surface area contributed by atoms with Crippen LogP contribution in [-0.2, 0) is 42.9 Å². The highest BCUT2D eigenvalue weighted by Gasteiger charge is 2.74. The third-order valence-corrected chi connectivity index (χ3v) is 8.79. The Morgan fingerprint density at radius 1 is 1.07 bits per heavy atom. The Morgan fingerprint density at radius 3 is 2.25 bits per heavy atom. The molecule has 2 aliphatic carbocycles. The first-order valence-electron chi connectivity index (χ1n) is 13.8. The summed E-state index contributed by atoms with van der Waals surface area (Å²) in [4.78, 5) is 49.3. The maximum Gasteiger partial charge on any atom is 0.306 e. The van der Waals surface area contributed by atoms with Gasteiger partial charge in [0.1, 0.15) is 18.3 Å². The van der Waals surface area contributed by atoms with Crippen LogP contribution < -0.4 is 0 Å². The summed E-state index contributed by atoms with van der Waals surface area (Å²) in [5.41, 5.74) is -1.07. The van der Waals surface area contributed by atoms with E-state index in [1.54, 1.807) is 12.2 Å². The Kier molecular flexibility index (Phi) is 9.67. The van der Waals surface area contributed by atoms with Gasteiger partial charge in [-0.1, -0.05) is 45.6 Å². The number of hydrogen-bond acceptors (Lipinski definition) is 10. The standard InChI is InChI=1S/C30H42O10/c1-9-11-24(34)39-21-14-22-27(37-19(6)32)40-28(38-20(7)33)30(22)23(15-21)29(8,13-12-16(3)10-2)17(4)25(26(30)35)36-18(5)31/h10,14,17,21,23,25-28,35H,2-3,9,11-13,15H2,1,4-8H3/t17-,21+,23+,25+,26+,27+,28-,29-,30-/m0/s1. The molecule has 0 amide bonds. The first-order chi connectivity index (χ1) is 18.7. The van der Waals surface area contributed by atoms with E-state index in [2.05, 4.69) is 13.2 Å². The van der Waals surface area contributed by atoms with Gasteiger partial charge in [0.2, 0.25) is 12.6 Å². The lowest BCUT2D eigenvalue weighted by Crippen LogP contribution is -2.68. The number of esters is 4. The van der Waals surface area contributed by atoms with Gasteiger partial charge in [-0.3, -0.25) is 23.9 Å². The van der Waals surface area contributed by atoms with E-state index in [0.717, 1.165) is 5.57 Å². The number of allylic oxidation sites excluding steroid dienone is 2. The number of carbonyl (C=O) groups excluding carboxylic acids is 4. The van der Waals surface area contributed by atoms with Gasteiger partial charge in [-0.2, -0.15) is 0 Å². The number of aliphatic hydroxyl groups excluding tert-OH is 1. The molecule has 3 rings (SSSR count). The molecule has 0 aromatic heterocycles. The molecule has 1 saturated heterocycles. The summed E-state index contributed by atoms with van der Waals surface area (Å²) >= 11 is 0. The van der Waals surface area contributed by atoms with Gasteiger partial charge in [0.05, 0.1) is 5.41 Å². The molecule has 1 heterocycles. The predicted octanol–water partition coefficient (Wildman–Crippen LogP) is 3.91. The fourth-order valence-electron chi connectivity index (χ4n) is 6.82. The van der Waals surface area contributed by atoms with Crippen LogP contribution in [0.1, 0.15) is 73.6 Å². The maximum atomic E-state index is 12.6. The van der Waals surface area contributed by atoms with Gasteiger partial charge >= 0.3 is 23.9 Å². The fourth-order valence-corrected chi connectivity index (χ4v) is 6.82. The highest BCUT2D eigenvalue weighted by Crippen LogP contribution is 2.67. The van der Waals surface area contributed by atoms with Crippen molar-refractivity contribution < 1.29 is 48.0 Å². The van der Waals surface area contributed by atoms with Gasteiger partial charge in [0.25, 0.3) is 0 Å². The van der Waals surface area contributed by atoms with Crippen LogP contribution in [0.3, 0.4) is 0 Å². The summed E-state index contributed by atoms with van der Waals surface area (Å²) in [6.45, 7) is 17.3. The second-order valence-electron chi connectivity index (χ2n) is 11.3. The van der Waals surface area contributed by atoms with E-state index < -0.39 is 71.5 Å². The largest absolute Gasteiger partial charge is 0.459 e. The predicted molar refractivity (Wildman–Crippen MR) is 143 cm³/mol. The monoisotopic (exact) mass is 562 g/mol. The summed E-state index contributed by atoms with van der Waals surface area (Å²) in [7, 11) is 0. The van der Waals surface area contributed by atoms with Crippen molar-refractivity contribution in [1.82, 2.24) is 0 Å².